The molecule has 0 unspecified atom stereocenters. The summed E-state index contributed by atoms with van der Waals surface area (Å²) in [5.41, 5.74) is 0. The minimum absolute atomic E-state index is 0.173. The van der Waals surface area contributed by atoms with E-state index >= 15 is 0 Å². The molecule has 5 nitrogen and oxygen atoms in total. The van der Waals surface area contributed by atoms with Crippen molar-refractivity contribution in [3.05, 3.63) is 5.28 Å². The number of nitrogens with zero attached hydrogens (tertiary/aromatic N) is 3. The monoisotopic (exact) mass is 262 g/mol. The number of anilines is 1. The van der Waals surface area contributed by atoms with E-state index in [2.05, 4.69) is 27.2 Å². The summed E-state index contributed by atoms with van der Waals surface area (Å²) < 4.78 is 0. The molecule has 0 bridgehead atoms. The maximum atomic E-state index is 8.66. The molecule has 1 heterocycles. The quantitative estimate of drug-likeness (QED) is 0.577. The zero-order valence-electron chi connectivity index (χ0n) is 9.11. The molecule has 0 amide bonds. The maximum absolute atomic E-state index is 8.66. The Morgan fingerprint density at radius 1 is 1.38 bits per heavy atom. The van der Waals surface area contributed by atoms with Crippen molar-refractivity contribution < 1.29 is 5.11 Å². The Hall–Kier alpha value is -0.590. The van der Waals surface area contributed by atoms with Gasteiger partial charge in [0.15, 0.2) is 5.16 Å². The molecule has 0 saturated heterocycles. The first-order valence-corrected chi connectivity index (χ1v) is 6.51. The fourth-order valence-electron chi connectivity index (χ4n) is 0.940. The van der Waals surface area contributed by atoms with E-state index < -0.39 is 0 Å². The summed E-state index contributed by atoms with van der Waals surface area (Å²) in [6, 6.07) is 0. The van der Waals surface area contributed by atoms with Crippen LogP contribution in [0.2, 0.25) is 5.28 Å². The molecule has 0 fully saturated rings. The summed E-state index contributed by atoms with van der Waals surface area (Å²) in [5, 5.41) is 12.5. The second kappa shape index (κ2) is 7.65. The Labute approximate surface area is 104 Å². The van der Waals surface area contributed by atoms with E-state index in [4.69, 9.17) is 16.7 Å². The zero-order valence-corrected chi connectivity index (χ0v) is 10.7. The van der Waals surface area contributed by atoms with Crippen LogP contribution in [0.1, 0.15) is 19.8 Å². The van der Waals surface area contributed by atoms with E-state index in [9.17, 15) is 0 Å². The lowest BCUT2D eigenvalue weighted by Gasteiger charge is -2.04. The van der Waals surface area contributed by atoms with Gasteiger partial charge in [0.25, 0.3) is 0 Å². The van der Waals surface area contributed by atoms with E-state index in [1.165, 1.54) is 11.8 Å². The Morgan fingerprint density at radius 3 is 2.88 bits per heavy atom. The summed E-state index contributed by atoms with van der Waals surface area (Å²) >= 11 is 7.24. The fraction of sp³-hybridized carbons (Fsp3) is 0.667. The van der Waals surface area contributed by atoms with Gasteiger partial charge < -0.3 is 10.4 Å². The maximum Gasteiger partial charge on any atom is 0.228 e. The Bertz CT molecular complexity index is 326. The second-order valence-corrected chi connectivity index (χ2v) is 4.46. The smallest absolute Gasteiger partial charge is 0.228 e. The highest BCUT2D eigenvalue weighted by atomic mass is 35.5. The van der Waals surface area contributed by atoms with Gasteiger partial charge in [0.2, 0.25) is 11.2 Å². The molecule has 1 rings (SSSR count). The van der Waals surface area contributed by atoms with Crippen LogP contribution in [0.15, 0.2) is 5.16 Å². The van der Waals surface area contributed by atoms with Crippen LogP contribution in [-0.4, -0.2) is 39.0 Å². The molecule has 1 aromatic rings. The number of aromatic nitrogens is 3. The molecule has 0 spiro atoms. The lowest BCUT2D eigenvalue weighted by Crippen LogP contribution is -2.06. The number of rotatable bonds is 7. The number of nitrogens with one attached hydrogen (secondary N) is 1. The highest BCUT2D eigenvalue weighted by Crippen LogP contribution is 2.17. The Kier molecular flexibility index (Phi) is 6.44. The second-order valence-electron chi connectivity index (χ2n) is 3.06. The molecule has 0 radical (unpaired) electrons. The van der Waals surface area contributed by atoms with Gasteiger partial charge in [0.05, 0.1) is 0 Å². The predicted octanol–water partition coefficient (Wildman–Crippen LogP) is 1.82. The Morgan fingerprint density at radius 2 is 2.19 bits per heavy atom. The molecular formula is C9H15ClN4OS. The topological polar surface area (TPSA) is 70.9 Å². The summed E-state index contributed by atoms with van der Waals surface area (Å²) in [6.45, 7) is 3.04. The molecule has 16 heavy (non-hydrogen) atoms. The van der Waals surface area contributed by atoms with Gasteiger partial charge in [0, 0.05) is 18.9 Å². The van der Waals surface area contributed by atoms with Crippen LogP contribution in [0.4, 0.5) is 5.95 Å². The van der Waals surface area contributed by atoms with Crippen LogP contribution < -0.4 is 5.32 Å². The van der Waals surface area contributed by atoms with E-state index in [-0.39, 0.29) is 11.9 Å². The number of aliphatic hydroxyl groups is 1. The van der Waals surface area contributed by atoms with Crippen LogP contribution in [0.5, 0.6) is 0 Å². The minimum atomic E-state index is 0.173. The SMILES string of the molecule is CCCNc1nc(Cl)nc(SCCCO)n1. The summed E-state index contributed by atoms with van der Waals surface area (Å²) in [5.74, 6) is 1.28. The number of thioether (sulfide) groups is 1. The van der Waals surface area contributed by atoms with Crippen LogP contribution in [0.3, 0.4) is 0 Å². The van der Waals surface area contributed by atoms with Crippen molar-refractivity contribution in [3.63, 3.8) is 0 Å². The molecule has 0 aliphatic heterocycles. The zero-order chi connectivity index (χ0) is 11.8. The van der Waals surface area contributed by atoms with Gasteiger partial charge in [0.1, 0.15) is 0 Å². The predicted molar refractivity (Wildman–Crippen MR) is 66.0 cm³/mol. The van der Waals surface area contributed by atoms with Crippen molar-refractivity contribution in [2.75, 3.05) is 24.2 Å². The first kappa shape index (κ1) is 13.5. The van der Waals surface area contributed by atoms with Gasteiger partial charge in [-0.05, 0) is 24.4 Å². The number of halogens is 1. The first-order valence-electron chi connectivity index (χ1n) is 5.15. The lowest BCUT2D eigenvalue weighted by atomic mass is 10.5. The largest absolute Gasteiger partial charge is 0.396 e. The first-order chi connectivity index (χ1) is 7.76. The third kappa shape index (κ3) is 4.96. The molecular weight excluding hydrogens is 248 g/mol. The van der Waals surface area contributed by atoms with Gasteiger partial charge in [-0.15, -0.1) is 0 Å². The third-order valence-corrected chi connectivity index (χ3v) is 2.76. The molecule has 2 N–H and O–H groups in total. The molecule has 0 aliphatic carbocycles. The third-order valence-electron chi connectivity index (χ3n) is 1.65. The van der Waals surface area contributed by atoms with E-state index in [0.717, 1.165) is 18.7 Å². The van der Waals surface area contributed by atoms with Gasteiger partial charge >= 0.3 is 0 Å². The molecule has 7 heteroatoms. The number of hydrogen-bond acceptors (Lipinski definition) is 6. The lowest BCUT2D eigenvalue weighted by molar-refractivity contribution is 0.296. The van der Waals surface area contributed by atoms with Crippen LogP contribution in [-0.2, 0) is 0 Å². The van der Waals surface area contributed by atoms with Crippen molar-refractivity contribution in [1.82, 2.24) is 15.0 Å². The highest BCUT2D eigenvalue weighted by molar-refractivity contribution is 7.99. The summed E-state index contributed by atoms with van der Waals surface area (Å²) in [4.78, 5) is 12.2. The van der Waals surface area contributed by atoms with Crippen molar-refractivity contribution in [3.8, 4) is 0 Å². The molecule has 0 aliphatic rings. The van der Waals surface area contributed by atoms with Crippen molar-refractivity contribution in [1.29, 1.82) is 0 Å². The molecule has 0 aromatic carbocycles. The van der Waals surface area contributed by atoms with Gasteiger partial charge in [-0.25, -0.2) is 0 Å². The van der Waals surface area contributed by atoms with Crippen LogP contribution in [0, 0.1) is 0 Å². The van der Waals surface area contributed by atoms with Crippen molar-refractivity contribution >= 4 is 29.3 Å². The van der Waals surface area contributed by atoms with E-state index in [0.29, 0.717) is 17.5 Å². The molecule has 90 valence electrons. The highest BCUT2D eigenvalue weighted by Gasteiger charge is 2.04. The molecule has 0 atom stereocenters. The van der Waals surface area contributed by atoms with Crippen LogP contribution >= 0.6 is 23.4 Å². The van der Waals surface area contributed by atoms with E-state index in [1.54, 1.807) is 0 Å². The van der Waals surface area contributed by atoms with Crippen molar-refractivity contribution in [2.24, 2.45) is 0 Å². The molecule has 0 saturated carbocycles. The standard InChI is InChI=1S/C9H15ClN4OS/c1-2-4-11-8-12-7(10)13-9(14-8)16-6-3-5-15/h15H,2-6H2,1H3,(H,11,12,13,14). The molecule has 1 aromatic heterocycles. The van der Waals surface area contributed by atoms with E-state index in [1.807, 2.05) is 0 Å². The van der Waals surface area contributed by atoms with Gasteiger partial charge in [-0.1, -0.05) is 18.7 Å². The average molecular weight is 263 g/mol. The Balaban J connectivity index is 2.58. The van der Waals surface area contributed by atoms with Gasteiger partial charge in [-0.2, -0.15) is 15.0 Å². The van der Waals surface area contributed by atoms with Gasteiger partial charge in [-0.3, -0.25) is 0 Å². The van der Waals surface area contributed by atoms with Crippen LogP contribution in [0.25, 0.3) is 0 Å². The fourth-order valence-corrected chi connectivity index (χ4v) is 1.91. The normalized spacial score (nSPS) is 10.4. The summed E-state index contributed by atoms with van der Waals surface area (Å²) in [7, 11) is 0. The average Bonchev–Trinajstić information content (AvgIpc) is 2.26. The number of hydrogen-bond donors (Lipinski definition) is 2. The van der Waals surface area contributed by atoms with Crippen molar-refractivity contribution in [2.45, 2.75) is 24.9 Å². The minimum Gasteiger partial charge on any atom is -0.396 e. The number of aliphatic hydroxyl groups excluding tert-OH is 1. The summed E-state index contributed by atoms with van der Waals surface area (Å²) in [6.07, 6.45) is 1.71.